The van der Waals surface area contributed by atoms with Crippen molar-refractivity contribution >= 4 is 72.6 Å². The van der Waals surface area contributed by atoms with Crippen molar-refractivity contribution in [2.45, 2.75) is 50.4 Å². The lowest BCUT2D eigenvalue weighted by atomic mass is 10.0. The number of piperidine rings is 1. The average Bonchev–Trinajstić information content (AvgIpc) is 3.59. The van der Waals surface area contributed by atoms with Gasteiger partial charge in [0.25, 0.3) is 5.91 Å². The van der Waals surface area contributed by atoms with E-state index >= 15 is 0 Å². The minimum absolute atomic E-state index is 0.246. The molecule has 2 aliphatic rings. The van der Waals surface area contributed by atoms with E-state index in [1.807, 2.05) is 25.1 Å². The molecule has 1 aliphatic heterocycles. The smallest absolute Gasteiger partial charge is 0.265 e. The molecule has 0 bridgehead atoms. The number of halogens is 3. The van der Waals surface area contributed by atoms with E-state index in [4.69, 9.17) is 28.3 Å². The number of carbonyl (C=O) groups is 1. The number of sulfonamides is 1. The Morgan fingerprint density at radius 1 is 1.09 bits per heavy atom. The standard InChI is InChI=1S/C24H25Cl2IN4O3S/c1-14-20-11-21(24(32)29-35(33,34)19-2-3-19)22(27)12-23(20)31(28-14)18-4-6-30(7-5-18)13-15-8-16(25)10-17(26)9-15/h8-12,18-19H,2-7,13H2,1H3,(H,29,32). The van der Waals surface area contributed by atoms with Crippen molar-refractivity contribution in [2.75, 3.05) is 13.1 Å². The molecule has 7 nitrogen and oxygen atoms in total. The van der Waals surface area contributed by atoms with E-state index < -0.39 is 21.2 Å². The van der Waals surface area contributed by atoms with Crippen molar-refractivity contribution in [1.29, 1.82) is 0 Å². The number of hydrogen-bond donors (Lipinski definition) is 1. The first-order valence-electron chi connectivity index (χ1n) is 11.5. The molecule has 5 rings (SSSR count). The van der Waals surface area contributed by atoms with E-state index in [-0.39, 0.29) is 6.04 Å². The van der Waals surface area contributed by atoms with Crippen LogP contribution in [0.5, 0.6) is 0 Å². The Hall–Kier alpha value is -1.40. The maximum atomic E-state index is 12.8. The molecule has 1 saturated heterocycles. The molecule has 1 N–H and O–H groups in total. The molecule has 1 amide bonds. The molecular formula is C24H25Cl2IN4O3S. The SMILES string of the molecule is Cc1nn(C2CCN(Cc3cc(Cl)cc(Cl)c3)CC2)c2cc(I)c(C(=O)NS(=O)(=O)C3CC3)cc12. The lowest BCUT2D eigenvalue weighted by molar-refractivity contribution is 0.0980. The first-order valence-corrected chi connectivity index (χ1v) is 14.9. The van der Waals surface area contributed by atoms with E-state index in [0.29, 0.717) is 32.0 Å². The molecule has 3 aromatic rings. The van der Waals surface area contributed by atoms with E-state index in [2.05, 4.69) is 36.9 Å². The van der Waals surface area contributed by atoms with Crippen LogP contribution in [0.25, 0.3) is 10.9 Å². The van der Waals surface area contributed by atoms with Crippen molar-refractivity contribution in [2.24, 2.45) is 0 Å². The lowest BCUT2D eigenvalue weighted by Gasteiger charge is -2.32. The van der Waals surface area contributed by atoms with Gasteiger partial charge in [-0.3, -0.25) is 14.4 Å². The molecule has 2 aromatic carbocycles. The highest BCUT2D eigenvalue weighted by Crippen LogP contribution is 2.32. The number of rotatable bonds is 6. The van der Waals surface area contributed by atoms with Gasteiger partial charge in [0.15, 0.2) is 0 Å². The monoisotopic (exact) mass is 646 g/mol. The second kappa shape index (κ2) is 9.81. The average molecular weight is 647 g/mol. The molecule has 1 aliphatic carbocycles. The van der Waals surface area contributed by atoms with Crippen molar-refractivity contribution in [3.63, 3.8) is 0 Å². The molecule has 186 valence electrons. The van der Waals surface area contributed by atoms with Gasteiger partial charge >= 0.3 is 0 Å². The van der Waals surface area contributed by atoms with E-state index in [9.17, 15) is 13.2 Å². The summed E-state index contributed by atoms with van der Waals surface area (Å²) in [7, 11) is -3.60. The van der Waals surface area contributed by atoms with Gasteiger partial charge in [0.05, 0.1) is 28.1 Å². The summed E-state index contributed by atoms with van der Waals surface area (Å²) in [6.07, 6.45) is 3.11. The number of aryl methyl sites for hydroxylation is 1. The Kier molecular flexibility index (Phi) is 7.08. The van der Waals surface area contributed by atoms with Gasteiger partial charge in [0.2, 0.25) is 10.0 Å². The van der Waals surface area contributed by atoms with Gasteiger partial charge in [-0.25, -0.2) is 13.1 Å². The van der Waals surface area contributed by atoms with Gasteiger partial charge in [-0.05, 0) is 91.1 Å². The number of amides is 1. The summed E-state index contributed by atoms with van der Waals surface area (Å²) in [6, 6.07) is 9.61. The summed E-state index contributed by atoms with van der Waals surface area (Å²) in [5.41, 5.74) is 3.26. The zero-order valence-corrected chi connectivity index (χ0v) is 23.6. The Balaban J connectivity index is 1.32. The minimum Gasteiger partial charge on any atom is -0.299 e. The highest BCUT2D eigenvalue weighted by atomic mass is 127. The second-order valence-corrected chi connectivity index (χ2v) is 13.3. The predicted molar refractivity (Wildman–Crippen MR) is 147 cm³/mol. The molecule has 0 radical (unpaired) electrons. The fourth-order valence-electron chi connectivity index (χ4n) is 4.69. The van der Waals surface area contributed by atoms with Crippen LogP contribution in [0.1, 0.15) is 53.3 Å². The molecule has 2 heterocycles. The van der Waals surface area contributed by atoms with Crippen LogP contribution in [0.2, 0.25) is 10.0 Å². The molecule has 0 atom stereocenters. The van der Waals surface area contributed by atoms with Crippen molar-refractivity contribution in [3.05, 3.63) is 60.8 Å². The topological polar surface area (TPSA) is 84.3 Å². The van der Waals surface area contributed by atoms with Crippen molar-refractivity contribution in [3.8, 4) is 0 Å². The highest BCUT2D eigenvalue weighted by molar-refractivity contribution is 14.1. The third-order valence-corrected chi connectivity index (χ3v) is 9.80. The van der Waals surface area contributed by atoms with Crippen LogP contribution in [-0.2, 0) is 16.6 Å². The Labute approximate surface area is 228 Å². The van der Waals surface area contributed by atoms with Crippen LogP contribution >= 0.6 is 45.8 Å². The Morgan fingerprint density at radius 2 is 1.74 bits per heavy atom. The van der Waals surface area contributed by atoms with Gasteiger partial charge in [-0.1, -0.05) is 23.2 Å². The molecule has 0 unspecified atom stereocenters. The normalized spacial score (nSPS) is 17.7. The van der Waals surface area contributed by atoms with E-state index in [0.717, 1.165) is 54.6 Å². The number of fused-ring (bicyclic) bond motifs is 1. The minimum atomic E-state index is -3.60. The molecule has 2 fully saturated rings. The first kappa shape index (κ1) is 25.3. The fourth-order valence-corrected chi connectivity index (χ4v) is 7.25. The molecule has 11 heteroatoms. The Morgan fingerprint density at radius 3 is 2.37 bits per heavy atom. The molecule has 0 spiro atoms. The van der Waals surface area contributed by atoms with Crippen LogP contribution < -0.4 is 4.72 Å². The Bertz CT molecular complexity index is 1390. The van der Waals surface area contributed by atoms with E-state index in [1.54, 1.807) is 12.1 Å². The third kappa shape index (κ3) is 5.49. The lowest BCUT2D eigenvalue weighted by Crippen LogP contribution is -2.34. The van der Waals surface area contributed by atoms with Crippen LogP contribution in [0.3, 0.4) is 0 Å². The number of nitrogens with one attached hydrogen (secondary N) is 1. The number of nitrogens with zero attached hydrogens (tertiary/aromatic N) is 3. The number of likely N-dealkylation sites (tertiary alicyclic amines) is 1. The molecule has 1 saturated carbocycles. The van der Waals surface area contributed by atoms with Crippen LogP contribution in [0, 0.1) is 10.5 Å². The predicted octanol–water partition coefficient (Wildman–Crippen LogP) is 5.32. The largest absolute Gasteiger partial charge is 0.299 e. The highest BCUT2D eigenvalue weighted by Gasteiger charge is 2.37. The number of hydrogen-bond acceptors (Lipinski definition) is 5. The van der Waals surface area contributed by atoms with Crippen LogP contribution in [0.15, 0.2) is 30.3 Å². The van der Waals surface area contributed by atoms with Crippen molar-refractivity contribution in [1.82, 2.24) is 19.4 Å². The molecular weight excluding hydrogens is 622 g/mol. The van der Waals surface area contributed by atoms with Gasteiger partial charge in [-0.2, -0.15) is 5.10 Å². The maximum absolute atomic E-state index is 12.8. The summed E-state index contributed by atoms with van der Waals surface area (Å²) in [4.78, 5) is 15.2. The van der Waals surface area contributed by atoms with Gasteiger partial charge < -0.3 is 0 Å². The van der Waals surface area contributed by atoms with Crippen LogP contribution in [0.4, 0.5) is 0 Å². The van der Waals surface area contributed by atoms with Gasteiger partial charge in [0, 0.05) is 38.6 Å². The quantitative estimate of drug-likeness (QED) is 0.367. The second-order valence-electron chi connectivity index (χ2n) is 9.34. The number of benzene rings is 2. The maximum Gasteiger partial charge on any atom is 0.265 e. The number of carbonyl (C=O) groups excluding carboxylic acids is 1. The molecule has 35 heavy (non-hydrogen) atoms. The van der Waals surface area contributed by atoms with Crippen molar-refractivity contribution < 1.29 is 13.2 Å². The summed E-state index contributed by atoms with van der Waals surface area (Å²) in [5.74, 6) is -0.579. The summed E-state index contributed by atoms with van der Waals surface area (Å²) >= 11 is 14.4. The number of aromatic nitrogens is 2. The molecule has 1 aromatic heterocycles. The zero-order chi connectivity index (χ0) is 24.9. The summed E-state index contributed by atoms with van der Waals surface area (Å²) in [5, 5.41) is 6.53. The van der Waals surface area contributed by atoms with Crippen LogP contribution in [-0.4, -0.2) is 47.3 Å². The van der Waals surface area contributed by atoms with Gasteiger partial charge in [0.1, 0.15) is 0 Å². The summed E-state index contributed by atoms with van der Waals surface area (Å²) in [6.45, 7) is 4.57. The third-order valence-electron chi connectivity index (χ3n) is 6.65. The first-order chi connectivity index (χ1) is 16.6. The summed E-state index contributed by atoms with van der Waals surface area (Å²) < 4.78 is 29.5. The fraction of sp³-hybridized carbons (Fsp3) is 0.417. The zero-order valence-electron chi connectivity index (χ0n) is 19.1. The van der Waals surface area contributed by atoms with E-state index in [1.165, 1.54) is 0 Å². The van der Waals surface area contributed by atoms with Gasteiger partial charge in [-0.15, -0.1) is 0 Å².